The predicted octanol–water partition coefficient (Wildman–Crippen LogP) is 3.21. The molecule has 0 aromatic heterocycles. The highest BCUT2D eigenvalue weighted by Gasteiger charge is 2.17. The van der Waals surface area contributed by atoms with E-state index in [-0.39, 0.29) is 5.92 Å². The highest BCUT2D eigenvalue weighted by atomic mass is 14.3. The Hall–Kier alpha value is -2.30. The minimum atomic E-state index is -0.506. The average molecular weight is 240 g/mol. The van der Waals surface area contributed by atoms with Crippen molar-refractivity contribution >= 4 is 0 Å². The minimum Gasteiger partial charge on any atom is -0.198 e. The van der Waals surface area contributed by atoms with Crippen LogP contribution < -0.4 is 0 Å². The molecule has 0 bridgehead atoms. The number of unbranched alkanes of at least 4 members (excludes halogenated alkanes) is 4. The van der Waals surface area contributed by atoms with E-state index in [1.54, 1.807) is 0 Å². The predicted molar refractivity (Wildman–Crippen MR) is 66.3 cm³/mol. The van der Waals surface area contributed by atoms with Gasteiger partial charge < -0.3 is 0 Å². The molecule has 2 unspecified atom stereocenters. The van der Waals surface area contributed by atoms with E-state index >= 15 is 0 Å². The summed E-state index contributed by atoms with van der Waals surface area (Å²) in [7, 11) is 0. The molecule has 0 heterocycles. The van der Waals surface area contributed by atoms with Crippen molar-refractivity contribution in [2.24, 2.45) is 11.8 Å². The molecule has 2 atom stereocenters. The van der Waals surface area contributed by atoms with Gasteiger partial charge in [0, 0.05) is 12.5 Å². The fraction of sp³-hybridized carbons (Fsp3) is 0.571. The molecule has 0 fully saturated rings. The quantitative estimate of drug-likeness (QED) is 0.480. The van der Waals surface area contributed by atoms with Crippen LogP contribution in [-0.4, -0.2) is 0 Å². The summed E-state index contributed by atoms with van der Waals surface area (Å²) in [5.74, 6) is -0.857. The van der Waals surface area contributed by atoms with Gasteiger partial charge >= 0.3 is 0 Å². The summed E-state index contributed by atoms with van der Waals surface area (Å²) in [5, 5.41) is 34.7. The summed E-state index contributed by atoms with van der Waals surface area (Å²) in [4.78, 5) is 0. The zero-order valence-electron chi connectivity index (χ0n) is 10.3. The monoisotopic (exact) mass is 240 g/mol. The maximum atomic E-state index is 9.01. The van der Waals surface area contributed by atoms with Crippen molar-refractivity contribution < 1.29 is 0 Å². The first-order valence-corrected chi connectivity index (χ1v) is 6.02. The molecule has 0 aromatic rings. The summed E-state index contributed by atoms with van der Waals surface area (Å²) in [5.41, 5.74) is 0. The molecular weight excluding hydrogens is 224 g/mol. The minimum absolute atomic E-state index is 0.351. The van der Waals surface area contributed by atoms with Crippen molar-refractivity contribution in [1.29, 1.82) is 21.0 Å². The van der Waals surface area contributed by atoms with E-state index in [0.717, 1.165) is 25.7 Å². The lowest BCUT2D eigenvalue weighted by molar-refractivity contribution is 0.490. The lowest BCUT2D eigenvalue weighted by atomic mass is 9.89. The Morgan fingerprint density at radius 3 is 2.17 bits per heavy atom. The van der Waals surface area contributed by atoms with Crippen LogP contribution in [0.3, 0.4) is 0 Å². The van der Waals surface area contributed by atoms with Gasteiger partial charge in [-0.3, -0.25) is 0 Å². The Morgan fingerprint density at radius 1 is 0.889 bits per heavy atom. The van der Waals surface area contributed by atoms with Gasteiger partial charge in [-0.05, 0) is 12.8 Å². The lowest BCUT2D eigenvalue weighted by Crippen LogP contribution is -2.09. The second kappa shape index (κ2) is 11.2. The first kappa shape index (κ1) is 15.7. The third-order valence-corrected chi connectivity index (χ3v) is 2.68. The van der Waals surface area contributed by atoms with Gasteiger partial charge in [-0.2, -0.15) is 21.0 Å². The van der Waals surface area contributed by atoms with Crippen molar-refractivity contribution in [3.8, 4) is 24.3 Å². The molecule has 0 aliphatic rings. The zero-order chi connectivity index (χ0) is 13.6. The van der Waals surface area contributed by atoms with Gasteiger partial charge in [-0.25, -0.2) is 0 Å². The van der Waals surface area contributed by atoms with Crippen LogP contribution in [0, 0.1) is 57.2 Å². The molecule has 0 aliphatic carbocycles. The Kier molecular flexibility index (Phi) is 9.76. The molecule has 4 nitrogen and oxygen atoms in total. The molecule has 92 valence electrons. The van der Waals surface area contributed by atoms with Crippen LogP contribution in [0.2, 0.25) is 0 Å². The lowest BCUT2D eigenvalue weighted by Gasteiger charge is -2.10. The number of hydrogen-bond acceptors (Lipinski definition) is 4. The summed E-state index contributed by atoms with van der Waals surface area (Å²) in [6.07, 6.45) is 7.71. The molecule has 0 aromatic carbocycles. The fourth-order valence-corrected chi connectivity index (χ4v) is 1.66. The Labute approximate surface area is 108 Å². The third kappa shape index (κ3) is 7.05. The molecule has 0 saturated heterocycles. The van der Waals surface area contributed by atoms with Gasteiger partial charge in [-0.15, -0.1) is 0 Å². The van der Waals surface area contributed by atoms with Gasteiger partial charge in [-0.1, -0.05) is 25.3 Å². The smallest absolute Gasteiger partial charge is 0.0909 e. The second-order valence-electron chi connectivity index (χ2n) is 3.99. The van der Waals surface area contributed by atoms with Crippen LogP contribution in [0.15, 0.2) is 12.2 Å². The Bertz CT molecular complexity index is 411. The standard InChI is InChI=1S/C14H16N4/c15-9-5-3-1-2-4-7-13(11-17)14(12-18)8-6-10-16/h6,8,13-14H,1-5,7H2. The van der Waals surface area contributed by atoms with Crippen molar-refractivity contribution in [3.05, 3.63) is 12.2 Å². The van der Waals surface area contributed by atoms with Crippen LogP contribution in [0.1, 0.15) is 38.5 Å². The van der Waals surface area contributed by atoms with Crippen LogP contribution >= 0.6 is 0 Å². The van der Waals surface area contributed by atoms with E-state index in [0.29, 0.717) is 12.8 Å². The highest BCUT2D eigenvalue weighted by molar-refractivity contribution is 5.13. The van der Waals surface area contributed by atoms with E-state index < -0.39 is 5.92 Å². The molecule has 0 saturated carbocycles. The summed E-state index contributed by atoms with van der Waals surface area (Å²) >= 11 is 0. The van der Waals surface area contributed by atoms with Crippen LogP contribution in [0.4, 0.5) is 0 Å². The molecule has 0 radical (unpaired) electrons. The summed E-state index contributed by atoms with van der Waals surface area (Å²) in [6.45, 7) is 0. The second-order valence-corrected chi connectivity index (χ2v) is 3.99. The first-order chi connectivity index (χ1) is 8.79. The topological polar surface area (TPSA) is 95.2 Å². The van der Waals surface area contributed by atoms with Gasteiger partial charge in [0.15, 0.2) is 0 Å². The van der Waals surface area contributed by atoms with Crippen LogP contribution in [0.25, 0.3) is 0 Å². The first-order valence-electron chi connectivity index (χ1n) is 6.02. The normalized spacial score (nSPS) is 12.9. The van der Waals surface area contributed by atoms with E-state index in [9.17, 15) is 0 Å². The molecule has 0 aliphatic heterocycles. The number of rotatable bonds is 8. The average Bonchev–Trinajstić information content (AvgIpc) is 2.40. The fourth-order valence-electron chi connectivity index (χ4n) is 1.66. The van der Waals surface area contributed by atoms with Crippen molar-refractivity contribution in [1.82, 2.24) is 0 Å². The largest absolute Gasteiger partial charge is 0.198 e. The Balaban J connectivity index is 4.01. The van der Waals surface area contributed by atoms with Crippen molar-refractivity contribution in [3.63, 3.8) is 0 Å². The SMILES string of the molecule is N#CC=CC(C#N)C(C#N)CCCCCCC#N. The molecule has 0 rings (SSSR count). The zero-order valence-corrected chi connectivity index (χ0v) is 10.3. The van der Waals surface area contributed by atoms with E-state index in [1.807, 2.05) is 12.1 Å². The van der Waals surface area contributed by atoms with Crippen molar-refractivity contribution in [2.45, 2.75) is 38.5 Å². The van der Waals surface area contributed by atoms with E-state index in [2.05, 4.69) is 12.1 Å². The van der Waals surface area contributed by atoms with Crippen LogP contribution in [0.5, 0.6) is 0 Å². The van der Waals surface area contributed by atoms with Gasteiger partial charge in [0.1, 0.15) is 0 Å². The third-order valence-electron chi connectivity index (χ3n) is 2.68. The number of nitriles is 4. The van der Waals surface area contributed by atoms with Crippen LogP contribution in [-0.2, 0) is 0 Å². The molecule has 0 amide bonds. The van der Waals surface area contributed by atoms with Gasteiger partial charge in [0.2, 0.25) is 0 Å². The molecule has 18 heavy (non-hydrogen) atoms. The van der Waals surface area contributed by atoms with Gasteiger partial charge in [0.05, 0.1) is 36.1 Å². The molecule has 4 heteroatoms. The van der Waals surface area contributed by atoms with Crippen molar-refractivity contribution in [2.75, 3.05) is 0 Å². The van der Waals surface area contributed by atoms with E-state index in [1.165, 1.54) is 12.2 Å². The van der Waals surface area contributed by atoms with E-state index in [4.69, 9.17) is 21.0 Å². The molecular formula is C14H16N4. The van der Waals surface area contributed by atoms with Gasteiger partial charge in [0.25, 0.3) is 0 Å². The number of allylic oxidation sites excluding steroid dienone is 2. The maximum Gasteiger partial charge on any atom is 0.0909 e. The summed E-state index contributed by atoms with van der Waals surface area (Å²) in [6, 6.07) is 8.10. The number of nitrogens with zero attached hydrogens (tertiary/aromatic N) is 4. The highest BCUT2D eigenvalue weighted by Crippen LogP contribution is 2.20. The maximum absolute atomic E-state index is 9.01. The number of hydrogen-bond donors (Lipinski definition) is 0. The Morgan fingerprint density at radius 2 is 1.61 bits per heavy atom. The molecule has 0 spiro atoms. The molecule has 0 N–H and O–H groups in total. The summed E-state index contributed by atoms with van der Waals surface area (Å²) < 4.78 is 0.